The maximum atomic E-state index is 12.1. The second-order valence-corrected chi connectivity index (χ2v) is 4.85. The maximum absolute atomic E-state index is 12.1. The van der Waals surface area contributed by atoms with Gasteiger partial charge < -0.3 is 16.0 Å². The zero-order chi connectivity index (χ0) is 13.8. The second-order valence-electron chi connectivity index (χ2n) is 4.85. The van der Waals surface area contributed by atoms with E-state index in [2.05, 4.69) is 22.9 Å². The first-order valence-corrected chi connectivity index (χ1v) is 6.48. The van der Waals surface area contributed by atoms with Crippen LogP contribution < -0.4 is 16.0 Å². The van der Waals surface area contributed by atoms with Crippen molar-refractivity contribution in [2.75, 3.05) is 18.9 Å². The number of anilines is 1. The van der Waals surface area contributed by atoms with E-state index in [1.807, 2.05) is 0 Å². The summed E-state index contributed by atoms with van der Waals surface area (Å²) >= 11 is 0. The van der Waals surface area contributed by atoms with Crippen molar-refractivity contribution >= 4 is 17.5 Å². The van der Waals surface area contributed by atoms with Gasteiger partial charge in [-0.15, -0.1) is 0 Å². The number of hydrogen-bond acceptors (Lipinski definition) is 3. The molecule has 1 aromatic carbocycles. The smallest absolute Gasteiger partial charge is 0.251 e. The third-order valence-electron chi connectivity index (χ3n) is 3.43. The number of rotatable bonds is 3. The highest BCUT2D eigenvalue weighted by Crippen LogP contribution is 2.17. The number of hydrogen-bond donors (Lipinski definition) is 3. The molecule has 2 atom stereocenters. The van der Waals surface area contributed by atoms with Gasteiger partial charge in [-0.05, 0) is 37.1 Å². The van der Waals surface area contributed by atoms with Crippen LogP contribution in [0.2, 0.25) is 0 Å². The molecule has 1 aromatic rings. The first-order valence-electron chi connectivity index (χ1n) is 6.48. The minimum Gasteiger partial charge on any atom is -0.355 e. The van der Waals surface area contributed by atoms with Gasteiger partial charge in [-0.2, -0.15) is 0 Å². The van der Waals surface area contributed by atoms with E-state index in [-0.39, 0.29) is 17.9 Å². The molecular weight excluding hydrogens is 242 g/mol. The van der Waals surface area contributed by atoms with Crippen molar-refractivity contribution in [2.24, 2.45) is 5.92 Å². The average Bonchev–Trinajstić information content (AvgIpc) is 2.84. The Bertz CT molecular complexity index is 487. The molecule has 1 saturated heterocycles. The van der Waals surface area contributed by atoms with Crippen LogP contribution in [0.3, 0.4) is 0 Å². The predicted octanol–water partition coefficient (Wildman–Crippen LogP) is 0.983. The van der Waals surface area contributed by atoms with Crippen molar-refractivity contribution < 1.29 is 9.59 Å². The summed E-state index contributed by atoms with van der Waals surface area (Å²) < 4.78 is 0. The van der Waals surface area contributed by atoms with Crippen LogP contribution in [-0.2, 0) is 4.79 Å². The molecule has 2 amide bonds. The molecular formula is C14H19N3O2. The van der Waals surface area contributed by atoms with Crippen molar-refractivity contribution in [2.45, 2.75) is 19.4 Å². The fourth-order valence-corrected chi connectivity index (χ4v) is 2.29. The summed E-state index contributed by atoms with van der Waals surface area (Å²) in [6.07, 6.45) is 1.01. The van der Waals surface area contributed by atoms with E-state index < -0.39 is 0 Å². The van der Waals surface area contributed by atoms with E-state index in [1.54, 1.807) is 31.3 Å². The van der Waals surface area contributed by atoms with Crippen LogP contribution in [0, 0.1) is 5.92 Å². The van der Waals surface area contributed by atoms with Crippen LogP contribution in [0.1, 0.15) is 23.7 Å². The van der Waals surface area contributed by atoms with Crippen LogP contribution in [0.15, 0.2) is 24.3 Å². The van der Waals surface area contributed by atoms with Crippen LogP contribution in [0.5, 0.6) is 0 Å². The average molecular weight is 261 g/mol. The molecule has 2 rings (SSSR count). The third-order valence-corrected chi connectivity index (χ3v) is 3.43. The van der Waals surface area contributed by atoms with Crippen LogP contribution in [0.25, 0.3) is 0 Å². The van der Waals surface area contributed by atoms with Crippen molar-refractivity contribution in [3.63, 3.8) is 0 Å². The molecule has 102 valence electrons. The van der Waals surface area contributed by atoms with Crippen molar-refractivity contribution in [1.82, 2.24) is 10.6 Å². The van der Waals surface area contributed by atoms with E-state index in [9.17, 15) is 9.59 Å². The van der Waals surface area contributed by atoms with Crippen LogP contribution in [-0.4, -0.2) is 31.4 Å². The molecule has 0 aliphatic carbocycles. The van der Waals surface area contributed by atoms with E-state index in [4.69, 9.17) is 0 Å². The molecule has 0 bridgehead atoms. The molecule has 1 aliphatic rings. The molecule has 0 radical (unpaired) electrons. The summed E-state index contributed by atoms with van der Waals surface area (Å²) in [6, 6.07) is 6.78. The highest BCUT2D eigenvalue weighted by molar-refractivity contribution is 5.98. The van der Waals surface area contributed by atoms with Gasteiger partial charge in [-0.3, -0.25) is 9.59 Å². The summed E-state index contributed by atoms with van der Waals surface area (Å²) in [6.45, 7) is 2.93. The molecule has 19 heavy (non-hydrogen) atoms. The summed E-state index contributed by atoms with van der Waals surface area (Å²) in [5.74, 6) is 0.129. The van der Waals surface area contributed by atoms with Crippen molar-refractivity contribution in [3.05, 3.63) is 29.8 Å². The fourth-order valence-electron chi connectivity index (χ4n) is 2.29. The minimum atomic E-state index is -0.163. The van der Waals surface area contributed by atoms with Gasteiger partial charge in [-0.1, -0.05) is 13.0 Å². The van der Waals surface area contributed by atoms with Crippen LogP contribution in [0.4, 0.5) is 5.69 Å². The molecule has 2 unspecified atom stereocenters. The molecule has 1 aliphatic heterocycles. The monoisotopic (exact) mass is 261 g/mol. The Morgan fingerprint density at radius 2 is 2.16 bits per heavy atom. The zero-order valence-corrected chi connectivity index (χ0v) is 11.2. The lowest BCUT2D eigenvalue weighted by Gasteiger charge is -2.15. The quantitative estimate of drug-likeness (QED) is 0.759. The molecule has 0 spiro atoms. The minimum absolute atomic E-state index is 0.0425. The lowest BCUT2D eigenvalue weighted by molar-refractivity contribution is -0.118. The number of amides is 2. The van der Waals surface area contributed by atoms with Gasteiger partial charge in [0.25, 0.3) is 5.91 Å². The normalized spacial score (nSPS) is 22.0. The van der Waals surface area contributed by atoms with Gasteiger partial charge in [0.2, 0.25) is 5.91 Å². The maximum Gasteiger partial charge on any atom is 0.251 e. The van der Waals surface area contributed by atoms with E-state index in [0.717, 1.165) is 13.0 Å². The number of nitrogens with one attached hydrogen (secondary N) is 3. The third kappa shape index (κ3) is 3.12. The first-order chi connectivity index (χ1) is 9.11. The second kappa shape index (κ2) is 5.84. The number of carbonyl (C=O) groups is 2. The van der Waals surface area contributed by atoms with E-state index in [1.165, 1.54) is 0 Å². The Labute approximate surface area is 112 Å². The summed E-state index contributed by atoms with van der Waals surface area (Å²) in [4.78, 5) is 23.6. The molecule has 1 heterocycles. The van der Waals surface area contributed by atoms with E-state index in [0.29, 0.717) is 17.2 Å². The Balaban J connectivity index is 2.06. The van der Waals surface area contributed by atoms with Crippen molar-refractivity contribution in [3.8, 4) is 0 Å². The van der Waals surface area contributed by atoms with Gasteiger partial charge in [-0.25, -0.2) is 0 Å². The molecule has 3 N–H and O–H groups in total. The Kier molecular flexibility index (Phi) is 4.16. The number of carbonyl (C=O) groups excluding carboxylic acids is 2. The summed E-state index contributed by atoms with van der Waals surface area (Å²) in [7, 11) is 1.58. The van der Waals surface area contributed by atoms with Gasteiger partial charge in [0, 0.05) is 18.3 Å². The summed E-state index contributed by atoms with van der Waals surface area (Å²) in [5.41, 5.74) is 1.18. The number of benzene rings is 1. The van der Waals surface area contributed by atoms with Crippen LogP contribution >= 0.6 is 0 Å². The SMILES string of the molecule is CNC(=O)c1cccc(NC(=O)C2NCCC2C)c1. The zero-order valence-electron chi connectivity index (χ0n) is 11.2. The lowest BCUT2D eigenvalue weighted by atomic mass is 10.0. The largest absolute Gasteiger partial charge is 0.355 e. The molecule has 0 saturated carbocycles. The van der Waals surface area contributed by atoms with Gasteiger partial charge in [0.15, 0.2) is 0 Å². The fraction of sp³-hybridized carbons (Fsp3) is 0.429. The highest BCUT2D eigenvalue weighted by atomic mass is 16.2. The van der Waals surface area contributed by atoms with E-state index >= 15 is 0 Å². The van der Waals surface area contributed by atoms with Gasteiger partial charge in [0.05, 0.1) is 6.04 Å². The van der Waals surface area contributed by atoms with Crippen molar-refractivity contribution in [1.29, 1.82) is 0 Å². The highest BCUT2D eigenvalue weighted by Gasteiger charge is 2.29. The van der Waals surface area contributed by atoms with Gasteiger partial charge in [0.1, 0.15) is 0 Å². The Morgan fingerprint density at radius 1 is 1.37 bits per heavy atom. The molecule has 5 nitrogen and oxygen atoms in total. The Morgan fingerprint density at radius 3 is 2.79 bits per heavy atom. The lowest BCUT2D eigenvalue weighted by Crippen LogP contribution is -2.39. The topological polar surface area (TPSA) is 70.2 Å². The molecule has 0 aromatic heterocycles. The Hall–Kier alpha value is -1.88. The first kappa shape index (κ1) is 13.5. The molecule has 5 heteroatoms. The predicted molar refractivity (Wildman–Crippen MR) is 74.0 cm³/mol. The van der Waals surface area contributed by atoms with Gasteiger partial charge >= 0.3 is 0 Å². The standard InChI is InChI=1S/C14H19N3O2/c1-9-6-7-16-12(9)14(19)17-11-5-3-4-10(8-11)13(18)15-2/h3-5,8-9,12,16H,6-7H2,1-2H3,(H,15,18)(H,17,19). The molecule has 1 fully saturated rings. The summed E-state index contributed by atoms with van der Waals surface area (Å²) in [5, 5.41) is 8.60.